The number of Topliss-reactive ketones (excluding diaryl/α,β-unsaturated/α-hetero) is 1. The van der Waals surface area contributed by atoms with Crippen LogP contribution in [-0.4, -0.2) is 111 Å². The third kappa shape index (κ3) is 7.25. The fourth-order valence-corrected chi connectivity index (χ4v) is 6.36. The van der Waals surface area contributed by atoms with E-state index in [1.165, 1.54) is 0 Å². The standard InChI is InChI=1S/C36H44N6O4/c1-4-46-34-23-27(36(44)42-15-13-40(14-16-42)11-12-41-17-19-45-20-18-41)9-10-30(34)38-35-24-32-28(25-37-35)21-26(2)22-33(43)29-7-5-6-8-31(29)39(32)3/h5-10,21,23-25H,4,11-20,22H2,1-3H3,(H,37,38)/b26-21+. The molecular formula is C36H44N6O4. The maximum absolute atomic E-state index is 13.5. The van der Waals surface area contributed by atoms with Gasteiger partial charge in [-0.1, -0.05) is 23.8 Å². The fraction of sp³-hybridized carbons (Fsp3) is 0.417. The lowest BCUT2D eigenvalue weighted by atomic mass is 10.0. The van der Waals surface area contributed by atoms with Gasteiger partial charge in [-0.25, -0.2) is 4.98 Å². The average Bonchev–Trinajstić information content (AvgIpc) is 3.12. The quantitative estimate of drug-likeness (QED) is 0.369. The van der Waals surface area contributed by atoms with Crippen molar-refractivity contribution in [2.45, 2.75) is 20.3 Å². The summed E-state index contributed by atoms with van der Waals surface area (Å²) >= 11 is 0. The smallest absolute Gasteiger partial charge is 0.254 e. The normalized spacial score (nSPS) is 18.8. The van der Waals surface area contributed by atoms with Crippen LogP contribution in [0.1, 0.15) is 46.5 Å². The number of pyridine rings is 1. The van der Waals surface area contributed by atoms with Gasteiger partial charge in [-0.15, -0.1) is 0 Å². The van der Waals surface area contributed by atoms with Crippen LogP contribution in [0.3, 0.4) is 0 Å². The highest BCUT2D eigenvalue weighted by Gasteiger charge is 2.24. The van der Waals surface area contributed by atoms with Crippen LogP contribution in [0, 0.1) is 0 Å². The molecule has 3 aliphatic heterocycles. The zero-order valence-electron chi connectivity index (χ0n) is 27.1. The van der Waals surface area contributed by atoms with E-state index in [0.29, 0.717) is 48.8 Å². The van der Waals surface area contributed by atoms with Crippen molar-refractivity contribution in [3.05, 3.63) is 77.0 Å². The molecule has 4 heterocycles. The maximum atomic E-state index is 13.5. The summed E-state index contributed by atoms with van der Waals surface area (Å²) in [5.74, 6) is 1.35. The molecular weight excluding hydrogens is 580 g/mol. The largest absolute Gasteiger partial charge is 0.492 e. The zero-order chi connectivity index (χ0) is 32.0. The van der Waals surface area contributed by atoms with Crippen LogP contribution >= 0.6 is 0 Å². The van der Waals surface area contributed by atoms with Gasteiger partial charge in [0.25, 0.3) is 5.91 Å². The predicted molar refractivity (Wildman–Crippen MR) is 182 cm³/mol. The number of morpholine rings is 1. The van der Waals surface area contributed by atoms with Gasteiger partial charge in [0.2, 0.25) is 0 Å². The second kappa shape index (κ2) is 14.5. The number of amides is 1. The number of carbonyl (C=O) groups is 2. The van der Waals surface area contributed by atoms with Gasteiger partial charge >= 0.3 is 0 Å². The Morgan fingerprint density at radius 3 is 2.46 bits per heavy atom. The van der Waals surface area contributed by atoms with Gasteiger partial charge in [-0.3, -0.25) is 19.4 Å². The summed E-state index contributed by atoms with van der Waals surface area (Å²) in [7, 11) is 1.97. The Hall–Kier alpha value is -4.25. The van der Waals surface area contributed by atoms with Gasteiger partial charge in [0, 0.05) is 94.8 Å². The molecule has 242 valence electrons. The van der Waals surface area contributed by atoms with Gasteiger partial charge in [-0.05, 0) is 44.2 Å². The first-order valence-electron chi connectivity index (χ1n) is 16.3. The number of anilines is 4. The van der Waals surface area contributed by atoms with Crippen LogP contribution < -0.4 is 15.0 Å². The molecule has 3 aliphatic rings. The summed E-state index contributed by atoms with van der Waals surface area (Å²) in [5, 5.41) is 3.42. The van der Waals surface area contributed by atoms with Crippen molar-refractivity contribution in [3.63, 3.8) is 0 Å². The number of allylic oxidation sites excluding steroid dienone is 1. The number of carbonyl (C=O) groups excluding carboxylic acids is 2. The molecule has 2 aromatic carbocycles. The van der Waals surface area contributed by atoms with E-state index in [0.717, 1.165) is 80.7 Å². The van der Waals surface area contributed by atoms with Crippen molar-refractivity contribution >= 4 is 40.6 Å². The summed E-state index contributed by atoms with van der Waals surface area (Å²) < 4.78 is 11.5. The van der Waals surface area contributed by atoms with E-state index < -0.39 is 0 Å². The molecule has 0 saturated carbocycles. The first kappa shape index (κ1) is 31.7. The van der Waals surface area contributed by atoms with E-state index >= 15 is 0 Å². The Balaban J connectivity index is 1.16. The van der Waals surface area contributed by atoms with Gasteiger partial charge in [0.1, 0.15) is 11.6 Å². The van der Waals surface area contributed by atoms with E-state index in [-0.39, 0.29) is 11.7 Å². The summed E-state index contributed by atoms with van der Waals surface area (Å²) in [6.07, 6.45) is 4.22. The molecule has 6 rings (SSSR count). The number of nitrogens with zero attached hydrogens (tertiary/aromatic N) is 5. The molecule has 0 aliphatic carbocycles. The number of piperazine rings is 1. The van der Waals surface area contributed by atoms with Crippen molar-refractivity contribution in [2.75, 3.05) is 89.4 Å². The molecule has 2 saturated heterocycles. The molecule has 0 spiro atoms. The lowest BCUT2D eigenvalue weighted by Crippen LogP contribution is -2.51. The molecule has 1 aromatic heterocycles. The van der Waals surface area contributed by atoms with Crippen molar-refractivity contribution in [2.24, 2.45) is 0 Å². The molecule has 10 heteroatoms. The highest BCUT2D eigenvalue weighted by atomic mass is 16.5. The SMILES string of the molecule is CCOc1cc(C(=O)N2CCN(CCN3CCOCC3)CC2)ccc1Nc1cc2c(cn1)/C=C(\C)CC(=O)c1ccccc1N2C. The highest BCUT2D eigenvalue weighted by molar-refractivity contribution is 6.04. The van der Waals surface area contributed by atoms with Crippen LogP contribution in [0.2, 0.25) is 0 Å². The first-order valence-corrected chi connectivity index (χ1v) is 16.3. The summed E-state index contributed by atoms with van der Waals surface area (Å²) in [5.41, 5.74) is 5.73. The van der Waals surface area contributed by atoms with E-state index in [2.05, 4.69) is 15.1 Å². The third-order valence-corrected chi connectivity index (χ3v) is 8.97. The third-order valence-electron chi connectivity index (χ3n) is 8.97. The monoisotopic (exact) mass is 624 g/mol. The number of nitrogens with one attached hydrogen (secondary N) is 1. The second-order valence-corrected chi connectivity index (χ2v) is 12.2. The van der Waals surface area contributed by atoms with Crippen LogP contribution in [0.5, 0.6) is 5.75 Å². The van der Waals surface area contributed by atoms with Crippen LogP contribution in [-0.2, 0) is 4.74 Å². The number of hydrogen-bond donors (Lipinski definition) is 1. The van der Waals surface area contributed by atoms with Gasteiger partial charge in [-0.2, -0.15) is 0 Å². The zero-order valence-corrected chi connectivity index (χ0v) is 27.1. The minimum atomic E-state index is 0.0209. The number of fused-ring (bicyclic) bond motifs is 2. The molecule has 46 heavy (non-hydrogen) atoms. The number of rotatable bonds is 8. The molecule has 1 N–H and O–H groups in total. The average molecular weight is 625 g/mol. The maximum Gasteiger partial charge on any atom is 0.254 e. The molecule has 2 fully saturated rings. The molecule has 0 bridgehead atoms. The minimum absolute atomic E-state index is 0.0209. The van der Waals surface area contributed by atoms with Gasteiger partial charge < -0.3 is 24.6 Å². The van der Waals surface area contributed by atoms with Crippen LogP contribution in [0.25, 0.3) is 6.08 Å². The Bertz CT molecular complexity index is 1590. The summed E-state index contributed by atoms with van der Waals surface area (Å²) in [4.78, 5) is 40.2. The van der Waals surface area contributed by atoms with E-state index in [1.54, 1.807) is 0 Å². The molecule has 0 atom stereocenters. The van der Waals surface area contributed by atoms with E-state index in [9.17, 15) is 9.59 Å². The molecule has 0 radical (unpaired) electrons. The fourth-order valence-electron chi connectivity index (χ4n) is 6.36. The Morgan fingerprint density at radius 2 is 1.70 bits per heavy atom. The van der Waals surface area contributed by atoms with E-state index in [1.807, 2.05) is 91.5 Å². The predicted octanol–water partition coefficient (Wildman–Crippen LogP) is 5.07. The Labute approximate surface area is 271 Å². The van der Waals surface area contributed by atoms with Crippen molar-refractivity contribution in [1.82, 2.24) is 19.7 Å². The van der Waals surface area contributed by atoms with Crippen LogP contribution in [0.4, 0.5) is 22.9 Å². The van der Waals surface area contributed by atoms with Crippen molar-refractivity contribution in [3.8, 4) is 5.75 Å². The van der Waals surface area contributed by atoms with Crippen LogP contribution in [0.15, 0.2) is 60.3 Å². The van der Waals surface area contributed by atoms with Crippen molar-refractivity contribution in [1.29, 1.82) is 0 Å². The molecule has 10 nitrogen and oxygen atoms in total. The number of aromatic nitrogens is 1. The number of ketones is 1. The Kier molecular flexibility index (Phi) is 9.97. The molecule has 1 amide bonds. The minimum Gasteiger partial charge on any atom is -0.492 e. The topological polar surface area (TPSA) is 90.5 Å². The second-order valence-electron chi connectivity index (χ2n) is 12.2. The molecule has 0 unspecified atom stereocenters. The van der Waals surface area contributed by atoms with Gasteiger partial charge in [0.15, 0.2) is 5.78 Å². The molecule has 3 aromatic rings. The first-order chi connectivity index (χ1) is 22.4. The van der Waals surface area contributed by atoms with Gasteiger partial charge in [0.05, 0.1) is 36.9 Å². The summed E-state index contributed by atoms with van der Waals surface area (Å²) in [6.45, 7) is 13.2. The number of ether oxygens (including phenoxy) is 2. The van der Waals surface area contributed by atoms with E-state index in [4.69, 9.17) is 14.5 Å². The number of para-hydroxylation sites is 1. The lowest BCUT2D eigenvalue weighted by molar-refractivity contribution is 0.0293. The highest BCUT2D eigenvalue weighted by Crippen LogP contribution is 2.36. The number of benzene rings is 2. The lowest BCUT2D eigenvalue weighted by Gasteiger charge is -2.36. The number of hydrogen-bond acceptors (Lipinski definition) is 9. The van der Waals surface area contributed by atoms with Crippen molar-refractivity contribution < 1.29 is 19.1 Å². The Morgan fingerprint density at radius 1 is 0.957 bits per heavy atom. The summed E-state index contributed by atoms with van der Waals surface area (Å²) in [6, 6.07) is 15.3.